The zero-order chi connectivity index (χ0) is 13.7. The molecule has 0 spiro atoms. The second kappa shape index (κ2) is 7.41. The summed E-state index contributed by atoms with van der Waals surface area (Å²) in [5, 5.41) is 5.76. The Kier molecular flexibility index (Phi) is 5.86. The van der Waals surface area contributed by atoms with Crippen LogP contribution < -0.4 is 5.32 Å². The van der Waals surface area contributed by atoms with Gasteiger partial charge in [-0.1, -0.05) is 13.8 Å². The molecule has 1 N–H and O–H groups in total. The molecule has 1 aliphatic heterocycles. The molecule has 0 bridgehead atoms. The van der Waals surface area contributed by atoms with Gasteiger partial charge in [-0.2, -0.15) is 0 Å². The van der Waals surface area contributed by atoms with Crippen LogP contribution in [0, 0.1) is 18.8 Å². The molecule has 1 aromatic heterocycles. The Hall–Kier alpha value is -0.380. The van der Waals surface area contributed by atoms with Crippen LogP contribution in [-0.4, -0.2) is 31.1 Å². The molecule has 0 aliphatic carbocycles. The normalized spacial score (nSPS) is 18.3. The average molecular weight is 280 g/mol. The van der Waals surface area contributed by atoms with Gasteiger partial charge in [-0.15, -0.1) is 11.3 Å². The highest BCUT2D eigenvalue weighted by Gasteiger charge is 2.20. The molecule has 108 valence electrons. The van der Waals surface area contributed by atoms with Crippen molar-refractivity contribution in [3.05, 3.63) is 21.9 Å². The lowest BCUT2D eigenvalue weighted by atomic mass is 9.87. The lowest BCUT2D eigenvalue weighted by Crippen LogP contribution is -2.39. The van der Waals surface area contributed by atoms with Crippen LogP contribution in [0.3, 0.4) is 0 Å². The lowest BCUT2D eigenvalue weighted by Gasteiger charge is -2.33. The SMILES string of the molecule is Cc1ccsc1CNCCN1CCC(C(C)C)CC1. The monoisotopic (exact) mass is 280 g/mol. The van der Waals surface area contributed by atoms with Crippen LogP contribution in [0.2, 0.25) is 0 Å². The van der Waals surface area contributed by atoms with Crippen molar-refractivity contribution in [1.29, 1.82) is 0 Å². The van der Waals surface area contributed by atoms with Crippen LogP contribution in [0.5, 0.6) is 0 Å². The van der Waals surface area contributed by atoms with Crippen molar-refractivity contribution in [3.8, 4) is 0 Å². The maximum atomic E-state index is 3.58. The minimum absolute atomic E-state index is 0.863. The van der Waals surface area contributed by atoms with E-state index in [1.54, 1.807) is 0 Å². The Bertz CT molecular complexity index is 365. The third kappa shape index (κ3) is 4.59. The van der Waals surface area contributed by atoms with E-state index in [0.717, 1.165) is 24.9 Å². The molecule has 2 rings (SSSR count). The molecule has 0 saturated carbocycles. The number of aryl methyl sites for hydroxylation is 1. The first kappa shape index (κ1) is 15.0. The minimum atomic E-state index is 0.863. The Morgan fingerprint density at radius 3 is 2.68 bits per heavy atom. The molecule has 1 saturated heterocycles. The molecule has 0 unspecified atom stereocenters. The largest absolute Gasteiger partial charge is 0.311 e. The summed E-state index contributed by atoms with van der Waals surface area (Å²) in [6, 6.07) is 2.21. The molecule has 3 heteroatoms. The van der Waals surface area contributed by atoms with Gasteiger partial charge in [0, 0.05) is 24.5 Å². The van der Waals surface area contributed by atoms with Crippen molar-refractivity contribution in [2.75, 3.05) is 26.2 Å². The van der Waals surface area contributed by atoms with Gasteiger partial charge in [-0.25, -0.2) is 0 Å². The smallest absolute Gasteiger partial charge is 0.0302 e. The molecule has 1 fully saturated rings. The Labute approximate surface area is 122 Å². The average Bonchev–Trinajstić information content (AvgIpc) is 2.81. The number of piperidine rings is 1. The van der Waals surface area contributed by atoms with Crippen molar-refractivity contribution in [2.45, 2.75) is 40.2 Å². The number of thiophene rings is 1. The summed E-state index contributed by atoms with van der Waals surface area (Å²) >= 11 is 1.86. The van der Waals surface area contributed by atoms with Crippen LogP contribution in [0.1, 0.15) is 37.1 Å². The second-order valence-corrected chi connectivity index (χ2v) is 7.13. The van der Waals surface area contributed by atoms with Gasteiger partial charge in [-0.05, 0) is 61.7 Å². The zero-order valence-electron chi connectivity index (χ0n) is 12.6. The van der Waals surface area contributed by atoms with Crippen molar-refractivity contribution in [2.24, 2.45) is 11.8 Å². The number of nitrogens with one attached hydrogen (secondary N) is 1. The van der Waals surface area contributed by atoms with E-state index in [0.29, 0.717) is 0 Å². The fourth-order valence-corrected chi connectivity index (χ4v) is 3.74. The van der Waals surface area contributed by atoms with Crippen LogP contribution >= 0.6 is 11.3 Å². The summed E-state index contributed by atoms with van der Waals surface area (Å²) in [5.41, 5.74) is 1.43. The van der Waals surface area contributed by atoms with Gasteiger partial charge in [-0.3, -0.25) is 0 Å². The topological polar surface area (TPSA) is 15.3 Å². The van der Waals surface area contributed by atoms with Gasteiger partial charge in [0.15, 0.2) is 0 Å². The van der Waals surface area contributed by atoms with E-state index >= 15 is 0 Å². The minimum Gasteiger partial charge on any atom is -0.311 e. The van der Waals surface area contributed by atoms with Crippen LogP contribution in [0.4, 0.5) is 0 Å². The molecule has 0 radical (unpaired) electrons. The predicted molar refractivity (Wildman–Crippen MR) is 84.8 cm³/mol. The van der Waals surface area contributed by atoms with Gasteiger partial charge in [0.1, 0.15) is 0 Å². The van der Waals surface area contributed by atoms with Crippen LogP contribution in [0.25, 0.3) is 0 Å². The van der Waals surface area contributed by atoms with E-state index in [9.17, 15) is 0 Å². The highest BCUT2D eigenvalue weighted by Crippen LogP contribution is 2.24. The van der Waals surface area contributed by atoms with Gasteiger partial charge in [0.25, 0.3) is 0 Å². The Balaban J connectivity index is 1.58. The number of likely N-dealkylation sites (tertiary alicyclic amines) is 1. The molecule has 0 amide bonds. The standard InChI is InChI=1S/C16H28N2S/c1-13(2)15-4-8-18(9-5-15)10-7-17-12-16-14(3)6-11-19-16/h6,11,13,15,17H,4-5,7-10,12H2,1-3H3. The summed E-state index contributed by atoms with van der Waals surface area (Å²) < 4.78 is 0. The van der Waals surface area contributed by atoms with Crippen LogP contribution in [-0.2, 0) is 6.54 Å². The number of nitrogens with zero attached hydrogens (tertiary/aromatic N) is 1. The quantitative estimate of drug-likeness (QED) is 0.802. The highest BCUT2D eigenvalue weighted by molar-refractivity contribution is 7.10. The number of rotatable bonds is 6. The molecule has 2 nitrogen and oxygen atoms in total. The zero-order valence-corrected chi connectivity index (χ0v) is 13.4. The fourth-order valence-electron chi connectivity index (χ4n) is 2.87. The molecule has 0 aromatic carbocycles. The van der Waals surface area contributed by atoms with Gasteiger partial charge >= 0.3 is 0 Å². The number of hydrogen-bond donors (Lipinski definition) is 1. The first-order valence-corrected chi connectivity index (χ1v) is 8.51. The first-order chi connectivity index (χ1) is 9.16. The molecular formula is C16H28N2S. The third-order valence-electron chi connectivity index (χ3n) is 4.43. The van der Waals surface area contributed by atoms with E-state index in [1.165, 1.54) is 42.9 Å². The number of hydrogen-bond acceptors (Lipinski definition) is 3. The Morgan fingerprint density at radius 2 is 2.11 bits per heavy atom. The molecular weight excluding hydrogens is 252 g/mol. The summed E-state index contributed by atoms with van der Waals surface area (Å²) in [4.78, 5) is 4.10. The fraction of sp³-hybridized carbons (Fsp3) is 0.750. The molecule has 0 atom stereocenters. The molecule has 1 aliphatic rings. The maximum absolute atomic E-state index is 3.58. The summed E-state index contributed by atoms with van der Waals surface area (Å²) in [7, 11) is 0. The van der Waals surface area contributed by atoms with Crippen LogP contribution in [0.15, 0.2) is 11.4 Å². The maximum Gasteiger partial charge on any atom is 0.0302 e. The van der Waals surface area contributed by atoms with E-state index in [2.05, 4.69) is 42.4 Å². The highest BCUT2D eigenvalue weighted by atomic mass is 32.1. The van der Waals surface area contributed by atoms with Gasteiger partial charge in [0.2, 0.25) is 0 Å². The summed E-state index contributed by atoms with van der Waals surface area (Å²) in [5.74, 6) is 1.82. The summed E-state index contributed by atoms with van der Waals surface area (Å²) in [6.07, 6.45) is 2.78. The van der Waals surface area contributed by atoms with Gasteiger partial charge in [0.05, 0.1) is 0 Å². The molecule has 1 aromatic rings. The van der Waals surface area contributed by atoms with E-state index in [4.69, 9.17) is 0 Å². The Morgan fingerprint density at radius 1 is 1.37 bits per heavy atom. The molecule has 19 heavy (non-hydrogen) atoms. The van der Waals surface area contributed by atoms with Gasteiger partial charge < -0.3 is 10.2 Å². The van der Waals surface area contributed by atoms with E-state index in [1.807, 2.05) is 11.3 Å². The second-order valence-electron chi connectivity index (χ2n) is 6.13. The van der Waals surface area contributed by atoms with E-state index < -0.39 is 0 Å². The van der Waals surface area contributed by atoms with Crippen molar-refractivity contribution in [1.82, 2.24) is 10.2 Å². The van der Waals surface area contributed by atoms with Crippen molar-refractivity contribution < 1.29 is 0 Å². The third-order valence-corrected chi connectivity index (χ3v) is 5.46. The first-order valence-electron chi connectivity index (χ1n) is 7.63. The lowest BCUT2D eigenvalue weighted by molar-refractivity contribution is 0.158. The predicted octanol–water partition coefficient (Wildman–Crippen LogP) is 3.51. The molecule has 2 heterocycles. The summed E-state index contributed by atoms with van der Waals surface area (Å²) in [6.45, 7) is 12.9. The van der Waals surface area contributed by atoms with Crippen molar-refractivity contribution >= 4 is 11.3 Å². The van der Waals surface area contributed by atoms with E-state index in [-0.39, 0.29) is 0 Å². The van der Waals surface area contributed by atoms with Crippen molar-refractivity contribution in [3.63, 3.8) is 0 Å².